The van der Waals surface area contributed by atoms with Gasteiger partial charge in [-0.3, -0.25) is 0 Å². The van der Waals surface area contributed by atoms with Gasteiger partial charge in [0.15, 0.2) is 0 Å². The van der Waals surface area contributed by atoms with Gasteiger partial charge in [-0.25, -0.2) is 18.7 Å². The van der Waals surface area contributed by atoms with Gasteiger partial charge in [-0.1, -0.05) is 6.07 Å². The van der Waals surface area contributed by atoms with Crippen LogP contribution in [-0.2, 0) is 6.42 Å². The maximum atomic E-state index is 13.5. The maximum Gasteiger partial charge on any atom is 0.145 e. The van der Waals surface area contributed by atoms with Crippen LogP contribution in [0.3, 0.4) is 0 Å². The summed E-state index contributed by atoms with van der Waals surface area (Å²) in [6.07, 6.45) is 3.54. The summed E-state index contributed by atoms with van der Waals surface area (Å²) < 4.78 is 26.2. The highest BCUT2D eigenvalue weighted by Gasteiger charge is 2.13. The summed E-state index contributed by atoms with van der Waals surface area (Å²) in [4.78, 5) is 8.18. The average molecular weight is 286 g/mol. The van der Waals surface area contributed by atoms with Gasteiger partial charge in [-0.05, 0) is 30.5 Å². The number of benzene rings is 1. The molecule has 0 aliphatic carbocycles. The van der Waals surface area contributed by atoms with E-state index in [-0.39, 0.29) is 18.8 Å². The zero-order chi connectivity index (χ0) is 13.1. The SMILES string of the molecule is Cc1cnc(C(N)Cc2ccc(F)cc2F)nc1.Cl. The molecule has 0 spiro atoms. The highest BCUT2D eigenvalue weighted by Crippen LogP contribution is 2.16. The second kappa shape index (κ2) is 6.54. The van der Waals surface area contributed by atoms with E-state index in [0.717, 1.165) is 11.6 Å². The fraction of sp³-hybridized carbons (Fsp3) is 0.231. The molecular weight excluding hydrogens is 272 g/mol. The molecule has 0 aliphatic rings. The van der Waals surface area contributed by atoms with Crippen molar-refractivity contribution < 1.29 is 8.78 Å². The highest BCUT2D eigenvalue weighted by molar-refractivity contribution is 5.85. The van der Waals surface area contributed by atoms with Crippen LogP contribution in [0.1, 0.15) is 23.0 Å². The predicted octanol–water partition coefficient (Wildman–Crippen LogP) is 2.73. The van der Waals surface area contributed by atoms with E-state index in [1.54, 1.807) is 12.4 Å². The van der Waals surface area contributed by atoms with E-state index in [4.69, 9.17) is 5.73 Å². The van der Waals surface area contributed by atoms with Crippen molar-refractivity contribution in [2.24, 2.45) is 5.73 Å². The van der Waals surface area contributed by atoms with Gasteiger partial charge >= 0.3 is 0 Å². The Labute approximate surface area is 116 Å². The van der Waals surface area contributed by atoms with Crippen molar-refractivity contribution in [1.82, 2.24) is 9.97 Å². The molecule has 19 heavy (non-hydrogen) atoms. The summed E-state index contributed by atoms with van der Waals surface area (Å²) >= 11 is 0. The van der Waals surface area contributed by atoms with Crippen molar-refractivity contribution >= 4 is 12.4 Å². The van der Waals surface area contributed by atoms with E-state index < -0.39 is 17.7 Å². The van der Waals surface area contributed by atoms with Crippen molar-refractivity contribution in [2.75, 3.05) is 0 Å². The lowest BCUT2D eigenvalue weighted by Gasteiger charge is -2.11. The van der Waals surface area contributed by atoms with E-state index in [9.17, 15) is 8.78 Å². The Balaban J connectivity index is 0.00000180. The molecule has 102 valence electrons. The van der Waals surface area contributed by atoms with E-state index >= 15 is 0 Å². The Kier molecular flexibility index (Phi) is 5.32. The summed E-state index contributed by atoms with van der Waals surface area (Å²) in [6, 6.07) is 2.93. The number of nitrogens with zero attached hydrogens (tertiary/aromatic N) is 2. The third kappa shape index (κ3) is 3.94. The third-order valence-electron chi connectivity index (χ3n) is 2.59. The number of hydrogen-bond donors (Lipinski definition) is 1. The van der Waals surface area contributed by atoms with Gasteiger partial charge in [0.2, 0.25) is 0 Å². The molecule has 6 heteroatoms. The molecule has 0 saturated heterocycles. The zero-order valence-corrected chi connectivity index (χ0v) is 11.1. The number of hydrogen-bond acceptors (Lipinski definition) is 3. The number of aromatic nitrogens is 2. The average Bonchev–Trinajstić information content (AvgIpc) is 2.33. The molecule has 0 radical (unpaired) electrons. The van der Waals surface area contributed by atoms with E-state index in [1.807, 2.05) is 6.92 Å². The van der Waals surface area contributed by atoms with Crippen LogP contribution in [0, 0.1) is 18.6 Å². The van der Waals surface area contributed by atoms with Gasteiger partial charge in [-0.15, -0.1) is 12.4 Å². The van der Waals surface area contributed by atoms with Crippen LogP contribution in [0.4, 0.5) is 8.78 Å². The van der Waals surface area contributed by atoms with Crippen molar-refractivity contribution in [3.05, 3.63) is 59.2 Å². The molecule has 2 aromatic rings. The Morgan fingerprint density at radius 1 is 1.21 bits per heavy atom. The fourth-order valence-corrected chi connectivity index (χ4v) is 1.61. The number of halogens is 3. The minimum Gasteiger partial charge on any atom is -0.321 e. The molecule has 3 nitrogen and oxygen atoms in total. The summed E-state index contributed by atoms with van der Waals surface area (Å²) in [7, 11) is 0. The van der Waals surface area contributed by atoms with E-state index in [2.05, 4.69) is 9.97 Å². The lowest BCUT2D eigenvalue weighted by Crippen LogP contribution is -2.17. The van der Waals surface area contributed by atoms with Gasteiger partial charge in [0.25, 0.3) is 0 Å². The lowest BCUT2D eigenvalue weighted by atomic mass is 10.1. The predicted molar refractivity (Wildman–Crippen MR) is 71.0 cm³/mol. The first-order valence-corrected chi connectivity index (χ1v) is 5.54. The second-order valence-corrected chi connectivity index (χ2v) is 4.16. The summed E-state index contributed by atoms with van der Waals surface area (Å²) in [6.45, 7) is 1.87. The monoisotopic (exact) mass is 285 g/mol. The van der Waals surface area contributed by atoms with Crippen LogP contribution >= 0.6 is 12.4 Å². The molecule has 1 atom stereocenters. The number of rotatable bonds is 3. The lowest BCUT2D eigenvalue weighted by molar-refractivity contribution is 0.558. The second-order valence-electron chi connectivity index (χ2n) is 4.16. The van der Waals surface area contributed by atoms with Crippen LogP contribution in [-0.4, -0.2) is 9.97 Å². The molecule has 1 unspecified atom stereocenters. The Bertz CT molecular complexity index is 546. The summed E-state index contributed by atoms with van der Waals surface area (Å²) in [5.74, 6) is -0.752. The molecule has 0 fully saturated rings. The van der Waals surface area contributed by atoms with Crippen LogP contribution in [0.15, 0.2) is 30.6 Å². The fourth-order valence-electron chi connectivity index (χ4n) is 1.61. The molecule has 2 N–H and O–H groups in total. The number of nitrogens with two attached hydrogens (primary N) is 1. The quantitative estimate of drug-likeness (QED) is 0.943. The van der Waals surface area contributed by atoms with Gasteiger partial charge in [0.05, 0.1) is 6.04 Å². The Morgan fingerprint density at radius 3 is 2.42 bits per heavy atom. The van der Waals surface area contributed by atoms with Crippen LogP contribution in [0.5, 0.6) is 0 Å². The largest absolute Gasteiger partial charge is 0.321 e. The first-order chi connectivity index (χ1) is 8.56. The Hall–Kier alpha value is -1.59. The van der Waals surface area contributed by atoms with Gasteiger partial charge < -0.3 is 5.73 Å². The highest BCUT2D eigenvalue weighted by atomic mass is 35.5. The van der Waals surface area contributed by atoms with E-state index in [0.29, 0.717) is 11.4 Å². The van der Waals surface area contributed by atoms with Gasteiger partial charge in [0, 0.05) is 18.5 Å². The molecular formula is C13H14ClF2N3. The zero-order valence-electron chi connectivity index (χ0n) is 10.3. The smallest absolute Gasteiger partial charge is 0.145 e. The minimum absolute atomic E-state index is 0. The molecule has 1 aromatic heterocycles. The van der Waals surface area contributed by atoms with Gasteiger partial charge in [0.1, 0.15) is 17.5 Å². The normalized spacial score (nSPS) is 11.8. The molecule has 1 aromatic carbocycles. The minimum atomic E-state index is -0.601. The topological polar surface area (TPSA) is 51.8 Å². The molecule has 0 saturated carbocycles. The van der Waals surface area contributed by atoms with Crippen molar-refractivity contribution in [1.29, 1.82) is 0 Å². The molecule has 0 aliphatic heterocycles. The first-order valence-electron chi connectivity index (χ1n) is 5.54. The van der Waals surface area contributed by atoms with Crippen molar-refractivity contribution in [3.8, 4) is 0 Å². The Morgan fingerprint density at radius 2 is 1.84 bits per heavy atom. The third-order valence-corrected chi connectivity index (χ3v) is 2.59. The first kappa shape index (κ1) is 15.5. The van der Waals surface area contributed by atoms with Crippen molar-refractivity contribution in [3.63, 3.8) is 0 Å². The van der Waals surface area contributed by atoms with Crippen LogP contribution < -0.4 is 5.73 Å². The number of aryl methyl sites for hydroxylation is 1. The van der Waals surface area contributed by atoms with Crippen LogP contribution in [0.25, 0.3) is 0 Å². The maximum absolute atomic E-state index is 13.5. The molecule has 2 rings (SSSR count). The van der Waals surface area contributed by atoms with Crippen molar-refractivity contribution in [2.45, 2.75) is 19.4 Å². The van der Waals surface area contributed by atoms with Gasteiger partial charge in [-0.2, -0.15) is 0 Å². The standard InChI is InChI=1S/C13H13F2N3.ClH/c1-8-6-17-13(18-7-8)12(16)4-9-2-3-10(14)5-11(9)15;/h2-3,5-7,12H,4,16H2,1H3;1H. The summed E-state index contributed by atoms with van der Waals surface area (Å²) in [5.41, 5.74) is 7.18. The van der Waals surface area contributed by atoms with Crippen LogP contribution in [0.2, 0.25) is 0 Å². The summed E-state index contributed by atoms with van der Waals surface area (Å²) in [5, 5.41) is 0. The molecule has 1 heterocycles. The molecule has 0 amide bonds. The van der Waals surface area contributed by atoms with E-state index in [1.165, 1.54) is 12.1 Å². The molecule has 0 bridgehead atoms.